The lowest BCUT2D eigenvalue weighted by Gasteiger charge is -2.31. The third kappa shape index (κ3) is 4.16. The average Bonchev–Trinajstić information content (AvgIpc) is 3.47. The summed E-state index contributed by atoms with van der Waals surface area (Å²) in [6.45, 7) is 2.85. The molecule has 1 unspecified atom stereocenters. The van der Waals surface area contributed by atoms with Crippen molar-refractivity contribution < 1.29 is 13.7 Å². The second kappa shape index (κ2) is 9.03. The number of nitrogens with zero attached hydrogens (tertiary/aromatic N) is 4. The van der Waals surface area contributed by atoms with E-state index >= 15 is 0 Å². The van der Waals surface area contributed by atoms with Crippen molar-refractivity contribution in [3.8, 4) is 21.8 Å². The molecule has 1 fully saturated rings. The van der Waals surface area contributed by atoms with Gasteiger partial charge < -0.3 is 9.42 Å². The first-order chi connectivity index (χ1) is 16.0. The number of rotatable bonds is 4. The van der Waals surface area contributed by atoms with Crippen molar-refractivity contribution >= 4 is 28.8 Å². The number of hydrogen-bond donors (Lipinski definition) is 0. The van der Waals surface area contributed by atoms with Crippen molar-refractivity contribution in [2.75, 3.05) is 13.1 Å². The molecule has 0 aliphatic carbocycles. The van der Waals surface area contributed by atoms with E-state index in [1.807, 2.05) is 18.2 Å². The molecule has 1 aliphatic rings. The number of hydrogen-bond acceptors (Lipinski definition) is 6. The van der Waals surface area contributed by atoms with Gasteiger partial charge in [0.25, 0.3) is 5.91 Å². The van der Waals surface area contributed by atoms with Gasteiger partial charge in [0.2, 0.25) is 0 Å². The Labute approximate surface area is 199 Å². The van der Waals surface area contributed by atoms with Crippen LogP contribution < -0.4 is 0 Å². The van der Waals surface area contributed by atoms with Gasteiger partial charge in [-0.15, -0.1) is 10.2 Å². The highest BCUT2D eigenvalue weighted by Gasteiger charge is 2.32. The molecule has 0 saturated carbocycles. The quantitative estimate of drug-likeness (QED) is 0.357. The van der Waals surface area contributed by atoms with Crippen LogP contribution in [-0.2, 0) is 0 Å². The minimum absolute atomic E-state index is 0.0321. The van der Waals surface area contributed by atoms with Crippen molar-refractivity contribution in [2.24, 2.45) is 0 Å². The largest absolute Gasteiger partial charge is 0.360 e. The first-order valence-electron chi connectivity index (χ1n) is 10.6. The number of carbonyl (C=O) groups excluding carboxylic acids is 1. The summed E-state index contributed by atoms with van der Waals surface area (Å²) in [4.78, 5) is 15.3. The van der Waals surface area contributed by atoms with E-state index in [-0.39, 0.29) is 17.6 Å². The van der Waals surface area contributed by atoms with Gasteiger partial charge in [-0.25, -0.2) is 4.39 Å². The van der Waals surface area contributed by atoms with Gasteiger partial charge in [-0.1, -0.05) is 58.4 Å². The van der Waals surface area contributed by atoms with E-state index in [1.54, 1.807) is 36.1 Å². The molecule has 6 nitrogen and oxygen atoms in total. The molecular formula is C24H20ClFN4O2S. The molecule has 9 heteroatoms. The molecule has 1 amide bonds. The van der Waals surface area contributed by atoms with Crippen molar-refractivity contribution in [1.29, 1.82) is 0 Å². The van der Waals surface area contributed by atoms with Crippen LogP contribution >= 0.6 is 22.9 Å². The standard InChI is InChI=1S/C24H20ClFN4O2S/c1-14-20(21(29-32-14)16-8-2-4-10-18(16)25)24(31)30-12-6-7-15(13-30)22-27-28-23(33-22)17-9-3-5-11-19(17)26/h2-5,8-11,15H,6-7,12-13H2,1H3. The SMILES string of the molecule is Cc1onc(-c2ccccc2Cl)c1C(=O)N1CCCC(c2nnc(-c3ccccc3F)s2)C1. The van der Waals surface area contributed by atoms with Crippen molar-refractivity contribution in [1.82, 2.24) is 20.3 Å². The van der Waals surface area contributed by atoms with Crippen molar-refractivity contribution in [2.45, 2.75) is 25.7 Å². The minimum atomic E-state index is -0.323. The zero-order chi connectivity index (χ0) is 22.9. The topological polar surface area (TPSA) is 72.1 Å². The smallest absolute Gasteiger partial charge is 0.259 e. The van der Waals surface area contributed by atoms with Crippen molar-refractivity contribution in [3.63, 3.8) is 0 Å². The third-order valence-corrected chi connectivity index (χ3v) is 7.26. The number of piperidine rings is 1. The monoisotopic (exact) mass is 482 g/mol. The van der Waals surface area contributed by atoms with Gasteiger partial charge in [0.15, 0.2) is 5.01 Å². The van der Waals surface area contributed by atoms with Crippen molar-refractivity contribution in [3.05, 3.63) is 75.7 Å². The summed E-state index contributed by atoms with van der Waals surface area (Å²) in [5.74, 6) is 0.0161. The van der Waals surface area contributed by atoms with Crippen LogP contribution in [0.4, 0.5) is 4.39 Å². The Morgan fingerprint density at radius 1 is 1.15 bits per heavy atom. The van der Waals surface area contributed by atoms with E-state index in [0.717, 1.165) is 17.8 Å². The van der Waals surface area contributed by atoms with Crippen LogP contribution in [0.25, 0.3) is 21.8 Å². The Kier molecular flexibility index (Phi) is 5.95. The highest BCUT2D eigenvalue weighted by Crippen LogP contribution is 2.36. The highest BCUT2D eigenvalue weighted by atomic mass is 35.5. The van der Waals surface area contributed by atoms with E-state index < -0.39 is 0 Å². The maximum absolute atomic E-state index is 14.2. The van der Waals surface area contributed by atoms with Gasteiger partial charge in [0.05, 0.1) is 5.02 Å². The van der Waals surface area contributed by atoms with E-state index in [2.05, 4.69) is 15.4 Å². The number of aryl methyl sites for hydroxylation is 1. The van der Waals surface area contributed by atoms with Crippen LogP contribution in [0.1, 0.15) is 39.9 Å². The molecule has 2 aromatic carbocycles. The molecule has 33 heavy (non-hydrogen) atoms. The van der Waals surface area contributed by atoms with Gasteiger partial charge >= 0.3 is 0 Å². The number of likely N-dealkylation sites (tertiary alicyclic amines) is 1. The van der Waals surface area contributed by atoms with E-state index in [1.165, 1.54) is 17.4 Å². The Morgan fingerprint density at radius 3 is 2.70 bits per heavy atom. The molecule has 3 heterocycles. The fourth-order valence-electron chi connectivity index (χ4n) is 4.13. The lowest BCUT2D eigenvalue weighted by Crippen LogP contribution is -2.39. The first kappa shape index (κ1) is 21.7. The number of carbonyl (C=O) groups is 1. The van der Waals surface area contributed by atoms with Gasteiger partial charge in [0, 0.05) is 30.1 Å². The van der Waals surface area contributed by atoms with Crippen LogP contribution in [0.3, 0.4) is 0 Å². The molecule has 1 aliphatic heterocycles. The predicted molar refractivity (Wildman–Crippen MR) is 125 cm³/mol. The van der Waals surface area contributed by atoms with Gasteiger partial charge in [-0.2, -0.15) is 0 Å². The van der Waals surface area contributed by atoms with Crippen LogP contribution in [0.2, 0.25) is 5.02 Å². The fraction of sp³-hybridized carbons (Fsp3) is 0.250. The third-order valence-electron chi connectivity index (χ3n) is 5.81. The molecule has 0 spiro atoms. The van der Waals surface area contributed by atoms with Gasteiger partial charge in [-0.3, -0.25) is 4.79 Å². The Hall–Kier alpha value is -3.10. The van der Waals surface area contributed by atoms with E-state index in [9.17, 15) is 9.18 Å². The second-order valence-corrected chi connectivity index (χ2v) is 9.37. The van der Waals surface area contributed by atoms with E-state index in [4.69, 9.17) is 16.1 Å². The number of aromatic nitrogens is 3. The Balaban J connectivity index is 1.40. The maximum atomic E-state index is 14.2. The van der Waals surface area contributed by atoms with Crippen LogP contribution in [-0.4, -0.2) is 39.3 Å². The van der Waals surface area contributed by atoms with Gasteiger partial charge in [-0.05, 0) is 38.0 Å². The van der Waals surface area contributed by atoms with Crippen LogP contribution in [0.15, 0.2) is 53.1 Å². The fourth-order valence-corrected chi connectivity index (χ4v) is 5.35. The number of benzene rings is 2. The Bertz CT molecular complexity index is 1320. The van der Waals surface area contributed by atoms with Gasteiger partial charge in [0.1, 0.15) is 27.8 Å². The zero-order valence-corrected chi connectivity index (χ0v) is 19.4. The minimum Gasteiger partial charge on any atom is -0.360 e. The molecule has 0 N–H and O–H groups in total. The summed E-state index contributed by atoms with van der Waals surface area (Å²) in [5, 5.41) is 14.5. The molecule has 1 saturated heterocycles. The lowest BCUT2D eigenvalue weighted by molar-refractivity contribution is 0.0705. The normalized spacial score (nSPS) is 16.2. The molecule has 168 valence electrons. The summed E-state index contributed by atoms with van der Waals surface area (Å²) in [7, 11) is 0. The molecular weight excluding hydrogens is 463 g/mol. The summed E-state index contributed by atoms with van der Waals surface area (Å²) < 4.78 is 19.5. The molecule has 2 aromatic heterocycles. The molecule has 1 atom stereocenters. The first-order valence-corrected chi connectivity index (χ1v) is 11.8. The highest BCUT2D eigenvalue weighted by molar-refractivity contribution is 7.14. The number of amides is 1. The van der Waals surface area contributed by atoms with Crippen LogP contribution in [0, 0.1) is 12.7 Å². The van der Waals surface area contributed by atoms with Crippen LogP contribution in [0.5, 0.6) is 0 Å². The Morgan fingerprint density at radius 2 is 1.91 bits per heavy atom. The summed E-state index contributed by atoms with van der Waals surface area (Å²) >= 11 is 7.73. The average molecular weight is 483 g/mol. The molecule has 4 aromatic rings. The van der Waals surface area contributed by atoms with E-state index in [0.29, 0.717) is 51.3 Å². The second-order valence-electron chi connectivity index (χ2n) is 7.96. The summed E-state index contributed by atoms with van der Waals surface area (Å²) in [5.41, 5.74) is 1.97. The maximum Gasteiger partial charge on any atom is 0.259 e. The molecule has 0 bridgehead atoms. The predicted octanol–water partition coefficient (Wildman–Crippen LogP) is 5.98. The summed E-state index contributed by atoms with van der Waals surface area (Å²) in [6.07, 6.45) is 1.71. The summed E-state index contributed by atoms with van der Waals surface area (Å²) in [6, 6.07) is 13.8. The molecule has 5 rings (SSSR count). The zero-order valence-electron chi connectivity index (χ0n) is 17.8. The lowest BCUT2D eigenvalue weighted by atomic mass is 9.97. The molecule has 0 radical (unpaired) electrons. The number of halogens is 2.